The molecule has 0 amide bonds. The first-order chi connectivity index (χ1) is 10.0. The van der Waals surface area contributed by atoms with Gasteiger partial charge in [-0.15, -0.1) is 0 Å². The van der Waals surface area contributed by atoms with Crippen LogP contribution >= 0.6 is 0 Å². The highest BCUT2D eigenvalue weighted by Crippen LogP contribution is 2.18. The normalized spacial score (nSPS) is 11.8. The van der Waals surface area contributed by atoms with Gasteiger partial charge in [-0.3, -0.25) is 4.57 Å². The van der Waals surface area contributed by atoms with Gasteiger partial charge >= 0.3 is 0 Å². The van der Waals surface area contributed by atoms with E-state index in [1.54, 1.807) is 12.5 Å². The molecule has 0 aliphatic carbocycles. The number of para-hydroxylation sites is 1. The van der Waals surface area contributed by atoms with Crippen LogP contribution in [0, 0.1) is 5.41 Å². The molecule has 0 fully saturated rings. The minimum absolute atomic E-state index is 0.179. The first-order valence-corrected chi connectivity index (χ1v) is 7.02. The van der Waals surface area contributed by atoms with Crippen molar-refractivity contribution in [3.63, 3.8) is 0 Å². The van der Waals surface area contributed by atoms with Crippen molar-refractivity contribution in [1.82, 2.24) is 19.5 Å². The lowest BCUT2D eigenvalue weighted by atomic mass is 9.97. The van der Waals surface area contributed by atoms with Crippen LogP contribution in [0.4, 0.5) is 5.95 Å². The van der Waals surface area contributed by atoms with Gasteiger partial charge in [0.2, 0.25) is 5.95 Å². The average molecular weight is 281 g/mol. The van der Waals surface area contributed by atoms with Crippen LogP contribution in [0.15, 0.2) is 42.9 Å². The number of benzene rings is 1. The standard InChI is InChI=1S/C16H19N5/c1-16(2,3)10-18-15-17-9-13-14(20-15)21(11-19-13)12-7-5-4-6-8-12/h4-9,11H,10H2,1-3H3,(H,17,18,20). The predicted octanol–water partition coefficient (Wildman–Crippen LogP) is 3.27. The number of fused-ring (bicyclic) bond motifs is 1. The number of anilines is 1. The fourth-order valence-corrected chi connectivity index (χ4v) is 2.02. The number of aromatic nitrogens is 4. The topological polar surface area (TPSA) is 55.6 Å². The summed E-state index contributed by atoms with van der Waals surface area (Å²) >= 11 is 0. The summed E-state index contributed by atoms with van der Waals surface area (Å²) in [6, 6.07) is 10.1. The third-order valence-electron chi connectivity index (χ3n) is 3.10. The van der Waals surface area contributed by atoms with Crippen molar-refractivity contribution in [2.45, 2.75) is 20.8 Å². The van der Waals surface area contributed by atoms with Gasteiger partial charge in [0.15, 0.2) is 5.65 Å². The van der Waals surface area contributed by atoms with E-state index < -0.39 is 0 Å². The molecule has 0 aliphatic rings. The average Bonchev–Trinajstić information content (AvgIpc) is 2.88. The van der Waals surface area contributed by atoms with Gasteiger partial charge in [-0.05, 0) is 17.5 Å². The number of imidazole rings is 1. The van der Waals surface area contributed by atoms with E-state index in [0.29, 0.717) is 5.95 Å². The molecule has 0 saturated heterocycles. The highest BCUT2D eigenvalue weighted by atomic mass is 15.2. The first kappa shape index (κ1) is 13.5. The summed E-state index contributed by atoms with van der Waals surface area (Å²) in [5.41, 5.74) is 2.83. The van der Waals surface area contributed by atoms with Crippen LogP contribution in [0.1, 0.15) is 20.8 Å². The summed E-state index contributed by atoms with van der Waals surface area (Å²) < 4.78 is 1.97. The van der Waals surface area contributed by atoms with Crippen molar-refractivity contribution in [1.29, 1.82) is 0 Å². The van der Waals surface area contributed by atoms with Gasteiger partial charge < -0.3 is 5.32 Å². The van der Waals surface area contributed by atoms with E-state index >= 15 is 0 Å². The summed E-state index contributed by atoms with van der Waals surface area (Å²) in [6.07, 6.45) is 3.54. The van der Waals surface area contributed by atoms with Crippen LogP contribution in [0.2, 0.25) is 0 Å². The maximum absolute atomic E-state index is 4.59. The molecule has 3 aromatic rings. The lowest BCUT2D eigenvalue weighted by Crippen LogP contribution is -2.20. The van der Waals surface area contributed by atoms with Crippen LogP contribution in [0.5, 0.6) is 0 Å². The second-order valence-electron chi connectivity index (χ2n) is 6.27. The van der Waals surface area contributed by atoms with E-state index in [-0.39, 0.29) is 5.41 Å². The monoisotopic (exact) mass is 281 g/mol. The molecule has 0 aliphatic heterocycles. The maximum Gasteiger partial charge on any atom is 0.224 e. The van der Waals surface area contributed by atoms with Gasteiger partial charge in [-0.25, -0.2) is 9.97 Å². The number of nitrogens with one attached hydrogen (secondary N) is 1. The Labute approximate surface area is 124 Å². The van der Waals surface area contributed by atoms with Crippen molar-refractivity contribution >= 4 is 17.1 Å². The Morgan fingerprint density at radius 2 is 1.86 bits per heavy atom. The number of hydrogen-bond acceptors (Lipinski definition) is 4. The molecular weight excluding hydrogens is 262 g/mol. The third kappa shape index (κ3) is 3.02. The van der Waals surface area contributed by atoms with Gasteiger partial charge in [-0.2, -0.15) is 4.98 Å². The molecule has 1 N–H and O–H groups in total. The second-order valence-corrected chi connectivity index (χ2v) is 6.27. The smallest absolute Gasteiger partial charge is 0.224 e. The zero-order valence-electron chi connectivity index (χ0n) is 12.5. The Hall–Kier alpha value is -2.43. The van der Waals surface area contributed by atoms with Crippen LogP contribution in [0.25, 0.3) is 16.9 Å². The molecule has 2 heterocycles. The Balaban J connectivity index is 1.97. The minimum atomic E-state index is 0.179. The zero-order chi connectivity index (χ0) is 14.9. The fraction of sp³-hybridized carbons (Fsp3) is 0.312. The molecular formula is C16H19N5. The zero-order valence-corrected chi connectivity index (χ0v) is 12.5. The van der Waals surface area contributed by atoms with Crippen LogP contribution in [0.3, 0.4) is 0 Å². The van der Waals surface area contributed by atoms with Crippen molar-refractivity contribution in [3.8, 4) is 5.69 Å². The fourth-order valence-electron chi connectivity index (χ4n) is 2.02. The van der Waals surface area contributed by atoms with Gasteiger partial charge in [0, 0.05) is 12.2 Å². The van der Waals surface area contributed by atoms with E-state index in [2.05, 4.69) is 41.0 Å². The maximum atomic E-state index is 4.59. The third-order valence-corrected chi connectivity index (χ3v) is 3.10. The lowest BCUT2D eigenvalue weighted by molar-refractivity contribution is 0.442. The summed E-state index contributed by atoms with van der Waals surface area (Å²) in [5.74, 6) is 0.634. The molecule has 108 valence electrons. The van der Waals surface area contributed by atoms with Crippen molar-refractivity contribution in [2.24, 2.45) is 5.41 Å². The molecule has 0 unspecified atom stereocenters. The van der Waals surface area contributed by atoms with Gasteiger partial charge in [0.05, 0.1) is 6.20 Å². The number of nitrogens with zero attached hydrogens (tertiary/aromatic N) is 4. The highest BCUT2D eigenvalue weighted by Gasteiger charge is 2.12. The molecule has 5 nitrogen and oxygen atoms in total. The molecule has 0 spiro atoms. The van der Waals surface area contributed by atoms with Crippen molar-refractivity contribution < 1.29 is 0 Å². The molecule has 5 heteroatoms. The van der Waals surface area contributed by atoms with Crippen molar-refractivity contribution in [3.05, 3.63) is 42.9 Å². The minimum Gasteiger partial charge on any atom is -0.354 e. The Morgan fingerprint density at radius 1 is 1.10 bits per heavy atom. The van der Waals surface area contributed by atoms with E-state index in [9.17, 15) is 0 Å². The van der Waals surface area contributed by atoms with E-state index in [1.165, 1.54) is 0 Å². The molecule has 2 aromatic heterocycles. The first-order valence-electron chi connectivity index (χ1n) is 7.02. The molecule has 0 saturated carbocycles. The van der Waals surface area contributed by atoms with E-state index in [0.717, 1.165) is 23.4 Å². The Kier molecular flexibility index (Phi) is 3.33. The molecule has 21 heavy (non-hydrogen) atoms. The van der Waals surface area contributed by atoms with E-state index in [1.807, 2.05) is 34.9 Å². The quantitative estimate of drug-likeness (QED) is 0.800. The van der Waals surface area contributed by atoms with Gasteiger partial charge in [-0.1, -0.05) is 39.0 Å². The highest BCUT2D eigenvalue weighted by molar-refractivity contribution is 5.73. The van der Waals surface area contributed by atoms with Crippen LogP contribution in [-0.2, 0) is 0 Å². The predicted molar refractivity (Wildman–Crippen MR) is 84.6 cm³/mol. The lowest BCUT2D eigenvalue weighted by Gasteiger charge is -2.18. The van der Waals surface area contributed by atoms with Gasteiger partial charge in [0.25, 0.3) is 0 Å². The second kappa shape index (κ2) is 5.16. The Bertz CT molecular complexity index is 740. The molecule has 3 rings (SSSR count). The van der Waals surface area contributed by atoms with Crippen LogP contribution in [-0.4, -0.2) is 26.1 Å². The molecule has 0 atom stereocenters. The SMILES string of the molecule is CC(C)(C)CNc1ncc2ncn(-c3ccccc3)c2n1. The van der Waals surface area contributed by atoms with E-state index in [4.69, 9.17) is 0 Å². The number of rotatable bonds is 3. The molecule has 0 bridgehead atoms. The summed E-state index contributed by atoms with van der Waals surface area (Å²) in [5, 5.41) is 3.28. The Morgan fingerprint density at radius 3 is 2.57 bits per heavy atom. The van der Waals surface area contributed by atoms with Crippen LogP contribution < -0.4 is 5.32 Å². The van der Waals surface area contributed by atoms with Gasteiger partial charge in [0.1, 0.15) is 11.8 Å². The van der Waals surface area contributed by atoms with Crippen molar-refractivity contribution in [2.75, 3.05) is 11.9 Å². The summed E-state index contributed by atoms with van der Waals surface area (Å²) in [6.45, 7) is 7.34. The number of hydrogen-bond donors (Lipinski definition) is 1. The summed E-state index contributed by atoms with van der Waals surface area (Å²) in [4.78, 5) is 13.3. The molecule has 1 aromatic carbocycles. The molecule has 0 radical (unpaired) electrons. The summed E-state index contributed by atoms with van der Waals surface area (Å²) in [7, 11) is 0. The largest absolute Gasteiger partial charge is 0.354 e.